The molecule has 2 heterocycles. The quantitative estimate of drug-likeness (QED) is 0.466. The molecule has 0 radical (unpaired) electrons. The largest absolute Gasteiger partial charge is 0.350 e. The number of carbonyl (C=O) groups excluding carboxylic acids is 1. The number of benzene rings is 2. The molecule has 0 aliphatic rings. The van der Waals surface area contributed by atoms with Gasteiger partial charge in [-0.3, -0.25) is 9.59 Å². The van der Waals surface area contributed by atoms with Gasteiger partial charge in [0.25, 0.3) is 5.56 Å². The van der Waals surface area contributed by atoms with Gasteiger partial charge in [0.1, 0.15) is 12.1 Å². The van der Waals surface area contributed by atoms with E-state index >= 15 is 0 Å². The SMILES string of the molecule is Cc1ccc2[nH]c3c(=O)n(CC(=O)Nc4ccc(S(N)(=O)=O)cc4)ncc3c2c1. The second-order valence-electron chi connectivity index (χ2n) is 6.69. The Morgan fingerprint density at radius 3 is 2.59 bits per heavy atom. The molecule has 0 fully saturated rings. The molecule has 4 N–H and O–H groups in total. The van der Waals surface area contributed by atoms with Crippen molar-refractivity contribution < 1.29 is 13.2 Å². The molecular formula is C19H17N5O4S. The molecule has 29 heavy (non-hydrogen) atoms. The predicted molar refractivity (Wildman–Crippen MR) is 109 cm³/mol. The van der Waals surface area contributed by atoms with Crippen molar-refractivity contribution in [3.8, 4) is 0 Å². The summed E-state index contributed by atoms with van der Waals surface area (Å²) in [4.78, 5) is 28.1. The van der Waals surface area contributed by atoms with E-state index < -0.39 is 21.5 Å². The van der Waals surface area contributed by atoms with Crippen LogP contribution in [0.4, 0.5) is 5.69 Å². The van der Waals surface area contributed by atoms with Gasteiger partial charge in [0, 0.05) is 22.0 Å². The number of carbonyl (C=O) groups is 1. The van der Waals surface area contributed by atoms with Crippen molar-refractivity contribution in [1.29, 1.82) is 0 Å². The van der Waals surface area contributed by atoms with Crippen LogP contribution in [0.25, 0.3) is 21.8 Å². The number of aromatic nitrogens is 3. The fourth-order valence-electron chi connectivity index (χ4n) is 3.12. The summed E-state index contributed by atoms with van der Waals surface area (Å²) in [5.41, 5.74) is 2.23. The number of nitrogens with two attached hydrogens (primary N) is 1. The molecular weight excluding hydrogens is 394 g/mol. The first-order chi connectivity index (χ1) is 13.7. The van der Waals surface area contributed by atoms with Crippen LogP contribution >= 0.6 is 0 Å². The summed E-state index contributed by atoms with van der Waals surface area (Å²) in [5.74, 6) is -0.478. The van der Waals surface area contributed by atoms with E-state index in [1.54, 1.807) is 6.20 Å². The highest BCUT2D eigenvalue weighted by Gasteiger charge is 2.13. The molecule has 1 amide bonds. The molecule has 4 rings (SSSR count). The number of rotatable bonds is 4. The summed E-state index contributed by atoms with van der Waals surface area (Å²) in [7, 11) is -3.81. The third kappa shape index (κ3) is 3.62. The van der Waals surface area contributed by atoms with E-state index in [4.69, 9.17) is 5.14 Å². The molecule has 2 aromatic heterocycles. The number of nitrogens with zero attached hydrogens (tertiary/aromatic N) is 2. The van der Waals surface area contributed by atoms with Crippen LogP contribution in [0.5, 0.6) is 0 Å². The molecule has 4 aromatic rings. The Morgan fingerprint density at radius 1 is 1.17 bits per heavy atom. The van der Waals surface area contributed by atoms with E-state index in [1.807, 2.05) is 25.1 Å². The zero-order valence-electron chi connectivity index (χ0n) is 15.3. The van der Waals surface area contributed by atoms with Crippen LogP contribution < -0.4 is 16.0 Å². The molecule has 0 saturated heterocycles. The predicted octanol–water partition coefficient (Wildman–Crippen LogP) is 1.47. The van der Waals surface area contributed by atoms with Gasteiger partial charge in [0.2, 0.25) is 15.9 Å². The van der Waals surface area contributed by atoms with E-state index in [1.165, 1.54) is 24.3 Å². The summed E-state index contributed by atoms with van der Waals surface area (Å²) in [6.45, 7) is 1.67. The van der Waals surface area contributed by atoms with Crippen molar-refractivity contribution >= 4 is 43.4 Å². The molecule has 0 aliphatic heterocycles. The second-order valence-corrected chi connectivity index (χ2v) is 8.25. The molecule has 9 nitrogen and oxygen atoms in total. The average Bonchev–Trinajstić information content (AvgIpc) is 3.02. The fourth-order valence-corrected chi connectivity index (χ4v) is 3.63. The Labute approximate surface area is 165 Å². The molecule has 0 atom stereocenters. The van der Waals surface area contributed by atoms with Crippen molar-refractivity contribution in [3.05, 3.63) is 64.6 Å². The lowest BCUT2D eigenvalue weighted by Gasteiger charge is -2.07. The monoisotopic (exact) mass is 411 g/mol. The fraction of sp³-hybridized carbons (Fsp3) is 0.105. The van der Waals surface area contributed by atoms with Crippen LogP contribution in [0.15, 0.2) is 58.4 Å². The van der Waals surface area contributed by atoms with Crippen LogP contribution in [0, 0.1) is 6.92 Å². The maximum Gasteiger partial charge on any atom is 0.291 e. The molecule has 148 valence electrons. The Kier molecular flexibility index (Phi) is 4.44. The van der Waals surface area contributed by atoms with Gasteiger partial charge >= 0.3 is 0 Å². The number of aromatic amines is 1. The van der Waals surface area contributed by atoms with Crippen LogP contribution in [-0.2, 0) is 21.4 Å². The zero-order valence-corrected chi connectivity index (χ0v) is 16.2. The number of sulfonamides is 1. The minimum Gasteiger partial charge on any atom is -0.350 e. The third-order valence-corrected chi connectivity index (χ3v) is 5.46. The standard InChI is InChI=1S/C19H17N5O4S/c1-11-2-7-16-14(8-11)15-9-21-24(19(26)18(15)23-16)10-17(25)22-12-3-5-13(6-4-12)29(20,27)28/h2-9,23H,10H2,1H3,(H,22,25)(H2,20,27,28). The van der Waals surface area contributed by atoms with Gasteiger partial charge in [0.05, 0.1) is 11.1 Å². The van der Waals surface area contributed by atoms with E-state index in [2.05, 4.69) is 15.4 Å². The van der Waals surface area contributed by atoms with E-state index in [0.29, 0.717) is 16.6 Å². The van der Waals surface area contributed by atoms with Crippen molar-refractivity contribution in [2.45, 2.75) is 18.4 Å². The number of anilines is 1. The Morgan fingerprint density at radius 2 is 1.90 bits per heavy atom. The number of hydrogen-bond acceptors (Lipinski definition) is 5. The first-order valence-corrected chi connectivity index (χ1v) is 10.2. The topological polar surface area (TPSA) is 140 Å². The molecule has 0 aliphatic carbocycles. The number of hydrogen-bond donors (Lipinski definition) is 3. The summed E-state index contributed by atoms with van der Waals surface area (Å²) in [6.07, 6.45) is 1.56. The van der Waals surface area contributed by atoms with Gasteiger partial charge in [-0.05, 0) is 43.3 Å². The summed E-state index contributed by atoms with van der Waals surface area (Å²) in [5, 5.41) is 13.3. The van der Waals surface area contributed by atoms with Crippen molar-refractivity contribution in [3.63, 3.8) is 0 Å². The van der Waals surface area contributed by atoms with Gasteiger partial charge in [-0.1, -0.05) is 11.6 Å². The number of nitrogens with one attached hydrogen (secondary N) is 2. The van der Waals surface area contributed by atoms with Gasteiger partial charge in [-0.25, -0.2) is 18.2 Å². The lowest BCUT2D eigenvalue weighted by molar-refractivity contribution is -0.117. The lowest BCUT2D eigenvalue weighted by Crippen LogP contribution is -2.29. The van der Waals surface area contributed by atoms with Gasteiger partial charge in [-0.2, -0.15) is 5.10 Å². The lowest BCUT2D eigenvalue weighted by atomic mass is 10.1. The Hall–Kier alpha value is -3.50. The number of primary sulfonamides is 1. The van der Waals surface area contributed by atoms with Crippen LogP contribution in [-0.4, -0.2) is 29.1 Å². The molecule has 0 bridgehead atoms. The third-order valence-electron chi connectivity index (χ3n) is 4.53. The van der Waals surface area contributed by atoms with Crippen LogP contribution in [0.2, 0.25) is 0 Å². The average molecular weight is 411 g/mol. The minimum atomic E-state index is -3.81. The zero-order chi connectivity index (χ0) is 20.8. The highest BCUT2D eigenvalue weighted by Crippen LogP contribution is 2.23. The van der Waals surface area contributed by atoms with E-state index in [0.717, 1.165) is 21.1 Å². The normalized spacial score (nSPS) is 11.8. The number of amides is 1. The summed E-state index contributed by atoms with van der Waals surface area (Å²) in [6, 6.07) is 11.2. The summed E-state index contributed by atoms with van der Waals surface area (Å²) < 4.78 is 23.6. The number of fused-ring (bicyclic) bond motifs is 3. The number of H-pyrrole nitrogens is 1. The first-order valence-electron chi connectivity index (χ1n) is 8.63. The highest BCUT2D eigenvalue weighted by molar-refractivity contribution is 7.89. The van der Waals surface area contributed by atoms with Crippen LogP contribution in [0.1, 0.15) is 5.56 Å². The molecule has 10 heteroatoms. The van der Waals surface area contributed by atoms with E-state index in [-0.39, 0.29) is 11.4 Å². The van der Waals surface area contributed by atoms with Crippen molar-refractivity contribution in [1.82, 2.24) is 14.8 Å². The smallest absolute Gasteiger partial charge is 0.291 e. The molecule has 0 saturated carbocycles. The van der Waals surface area contributed by atoms with Crippen molar-refractivity contribution in [2.75, 3.05) is 5.32 Å². The minimum absolute atomic E-state index is 0.0621. The number of aryl methyl sites for hydroxylation is 1. The first kappa shape index (κ1) is 18.8. The Bertz CT molecular complexity index is 1420. The molecule has 0 spiro atoms. The van der Waals surface area contributed by atoms with Gasteiger partial charge in [0.15, 0.2) is 0 Å². The second kappa shape index (κ2) is 6.83. The van der Waals surface area contributed by atoms with E-state index in [9.17, 15) is 18.0 Å². The van der Waals surface area contributed by atoms with Crippen LogP contribution in [0.3, 0.4) is 0 Å². The maximum atomic E-state index is 12.7. The Balaban J connectivity index is 1.59. The summed E-state index contributed by atoms with van der Waals surface area (Å²) >= 11 is 0. The maximum absolute atomic E-state index is 12.7. The highest BCUT2D eigenvalue weighted by atomic mass is 32.2. The molecule has 0 unspecified atom stereocenters. The molecule has 2 aromatic carbocycles. The van der Waals surface area contributed by atoms with Gasteiger partial charge < -0.3 is 10.3 Å². The van der Waals surface area contributed by atoms with Crippen molar-refractivity contribution in [2.24, 2.45) is 5.14 Å². The van der Waals surface area contributed by atoms with Gasteiger partial charge in [-0.15, -0.1) is 0 Å².